The van der Waals surface area contributed by atoms with Gasteiger partial charge in [0.05, 0.1) is 12.8 Å². The molecule has 1 saturated heterocycles. The summed E-state index contributed by atoms with van der Waals surface area (Å²) in [7, 11) is 2.03. The first-order valence-corrected chi connectivity index (χ1v) is 7.76. The van der Waals surface area contributed by atoms with Crippen molar-refractivity contribution in [1.82, 2.24) is 10.3 Å². The first kappa shape index (κ1) is 13.7. The summed E-state index contributed by atoms with van der Waals surface area (Å²) in [5.74, 6) is 2.17. The molecule has 0 amide bonds. The zero-order chi connectivity index (χ0) is 12.8. The van der Waals surface area contributed by atoms with Crippen LogP contribution in [0.25, 0.3) is 0 Å². The molecule has 0 saturated carbocycles. The Hall–Kier alpha value is -0.740. The van der Waals surface area contributed by atoms with E-state index in [4.69, 9.17) is 4.74 Å². The highest BCUT2D eigenvalue weighted by Gasteiger charge is 2.26. The second kappa shape index (κ2) is 7.00. The van der Waals surface area contributed by atoms with Crippen molar-refractivity contribution in [3.8, 4) is 5.75 Å². The van der Waals surface area contributed by atoms with E-state index >= 15 is 0 Å². The van der Waals surface area contributed by atoms with Gasteiger partial charge in [0, 0.05) is 17.5 Å². The average molecular weight is 266 g/mol. The number of thioether (sulfide) groups is 1. The molecule has 0 bridgehead atoms. The standard InChI is InChI=1S/C14H22N2OS/c1-3-6-17-12-8-11(9-16-10-12)14(15-2)13-5-4-7-18-13/h8-10,13-15H,3-7H2,1-2H3. The predicted molar refractivity (Wildman–Crippen MR) is 77.3 cm³/mol. The molecule has 0 radical (unpaired) electrons. The molecule has 18 heavy (non-hydrogen) atoms. The molecule has 3 nitrogen and oxygen atoms in total. The molecule has 2 rings (SSSR count). The summed E-state index contributed by atoms with van der Waals surface area (Å²) in [6, 6.07) is 2.51. The van der Waals surface area contributed by atoms with Crippen LogP contribution in [0.4, 0.5) is 0 Å². The monoisotopic (exact) mass is 266 g/mol. The van der Waals surface area contributed by atoms with Crippen LogP contribution in [0.15, 0.2) is 18.5 Å². The van der Waals surface area contributed by atoms with Crippen LogP contribution in [0.3, 0.4) is 0 Å². The number of rotatable bonds is 6. The van der Waals surface area contributed by atoms with Gasteiger partial charge in [0.2, 0.25) is 0 Å². The molecule has 2 unspecified atom stereocenters. The third-order valence-electron chi connectivity index (χ3n) is 3.21. The molecule has 1 aromatic heterocycles. The summed E-state index contributed by atoms with van der Waals surface area (Å²) in [4.78, 5) is 4.30. The number of aromatic nitrogens is 1. The maximum atomic E-state index is 5.66. The first-order chi connectivity index (χ1) is 8.85. The largest absolute Gasteiger partial charge is 0.492 e. The lowest BCUT2D eigenvalue weighted by molar-refractivity contribution is 0.315. The Labute approximate surface area is 114 Å². The highest BCUT2D eigenvalue weighted by Crippen LogP contribution is 2.36. The fourth-order valence-corrected chi connectivity index (χ4v) is 3.79. The van der Waals surface area contributed by atoms with E-state index in [1.807, 2.05) is 13.2 Å². The van der Waals surface area contributed by atoms with Crippen molar-refractivity contribution in [2.45, 2.75) is 37.5 Å². The number of nitrogens with one attached hydrogen (secondary N) is 1. The molecule has 1 aromatic rings. The van der Waals surface area contributed by atoms with Crippen LogP contribution >= 0.6 is 11.8 Å². The second-order valence-electron chi connectivity index (χ2n) is 4.62. The molecule has 1 N–H and O–H groups in total. The van der Waals surface area contributed by atoms with Gasteiger partial charge >= 0.3 is 0 Å². The molecule has 2 atom stereocenters. The van der Waals surface area contributed by atoms with E-state index in [-0.39, 0.29) is 0 Å². The summed E-state index contributed by atoms with van der Waals surface area (Å²) in [5.41, 5.74) is 1.24. The Balaban J connectivity index is 2.09. The minimum Gasteiger partial charge on any atom is -0.492 e. The van der Waals surface area contributed by atoms with E-state index < -0.39 is 0 Å². The van der Waals surface area contributed by atoms with Gasteiger partial charge in [-0.3, -0.25) is 4.98 Å². The van der Waals surface area contributed by atoms with Gasteiger partial charge in [-0.1, -0.05) is 6.92 Å². The molecule has 0 aliphatic carbocycles. The van der Waals surface area contributed by atoms with Gasteiger partial charge in [-0.2, -0.15) is 11.8 Å². The van der Waals surface area contributed by atoms with E-state index in [2.05, 4.69) is 35.1 Å². The number of hydrogen-bond donors (Lipinski definition) is 1. The van der Waals surface area contributed by atoms with Crippen molar-refractivity contribution < 1.29 is 4.74 Å². The van der Waals surface area contributed by atoms with Crippen LogP contribution in [0.2, 0.25) is 0 Å². The minimum absolute atomic E-state index is 0.384. The SMILES string of the molecule is CCCOc1cncc(C(NC)C2CCCS2)c1. The smallest absolute Gasteiger partial charge is 0.137 e. The second-order valence-corrected chi connectivity index (χ2v) is 5.97. The number of nitrogens with zero attached hydrogens (tertiary/aromatic N) is 1. The van der Waals surface area contributed by atoms with Crippen LogP contribution in [0.1, 0.15) is 37.8 Å². The van der Waals surface area contributed by atoms with Crippen LogP contribution in [-0.4, -0.2) is 29.6 Å². The van der Waals surface area contributed by atoms with Gasteiger partial charge in [0.1, 0.15) is 5.75 Å². The molecule has 1 fully saturated rings. The van der Waals surface area contributed by atoms with Crippen molar-refractivity contribution in [2.75, 3.05) is 19.4 Å². The van der Waals surface area contributed by atoms with E-state index in [9.17, 15) is 0 Å². The first-order valence-electron chi connectivity index (χ1n) is 6.71. The predicted octanol–water partition coefficient (Wildman–Crippen LogP) is 3.03. The van der Waals surface area contributed by atoms with Gasteiger partial charge in [0.25, 0.3) is 0 Å². The summed E-state index contributed by atoms with van der Waals surface area (Å²) in [6.45, 7) is 2.87. The fourth-order valence-electron chi connectivity index (χ4n) is 2.34. The van der Waals surface area contributed by atoms with Gasteiger partial charge in [-0.25, -0.2) is 0 Å². The van der Waals surface area contributed by atoms with Crippen molar-refractivity contribution in [1.29, 1.82) is 0 Å². The lowest BCUT2D eigenvalue weighted by Crippen LogP contribution is -2.25. The van der Waals surface area contributed by atoms with Crippen LogP contribution in [0, 0.1) is 0 Å². The van der Waals surface area contributed by atoms with Crippen molar-refractivity contribution >= 4 is 11.8 Å². The summed E-state index contributed by atoms with van der Waals surface area (Å²) in [5, 5.41) is 4.09. The normalized spacial score (nSPS) is 20.9. The zero-order valence-corrected chi connectivity index (χ0v) is 12.0. The highest BCUT2D eigenvalue weighted by molar-refractivity contribution is 8.00. The maximum Gasteiger partial charge on any atom is 0.137 e. The lowest BCUT2D eigenvalue weighted by atomic mass is 10.0. The lowest BCUT2D eigenvalue weighted by Gasteiger charge is -2.22. The zero-order valence-electron chi connectivity index (χ0n) is 11.2. The third-order valence-corrected chi connectivity index (χ3v) is 4.67. The number of hydrogen-bond acceptors (Lipinski definition) is 4. The Kier molecular flexibility index (Phi) is 5.32. The Bertz CT molecular complexity index is 367. The average Bonchev–Trinajstić information content (AvgIpc) is 2.92. The topological polar surface area (TPSA) is 34.1 Å². The Morgan fingerprint density at radius 1 is 1.56 bits per heavy atom. The fraction of sp³-hybridized carbons (Fsp3) is 0.643. The summed E-state index contributed by atoms with van der Waals surface area (Å²) in [6.07, 6.45) is 7.40. The van der Waals surface area contributed by atoms with Crippen molar-refractivity contribution in [3.05, 3.63) is 24.0 Å². The van der Waals surface area contributed by atoms with Crippen molar-refractivity contribution in [2.24, 2.45) is 0 Å². The molecule has 2 heterocycles. The van der Waals surface area contributed by atoms with Crippen LogP contribution < -0.4 is 10.1 Å². The summed E-state index contributed by atoms with van der Waals surface area (Å²) < 4.78 is 5.66. The Morgan fingerprint density at radius 2 is 2.44 bits per heavy atom. The molecule has 100 valence electrons. The van der Waals surface area contributed by atoms with Crippen LogP contribution in [0.5, 0.6) is 5.75 Å². The molecule has 4 heteroatoms. The summed E-state index contributed by atoms with van der Waals surface area (Å²) >= 11 is 2.06. The van der Waals surface area contributed by atoms with Gasteiger partial charge in [-0.05, 0) is 43.7 Å². The minimum atomic E-state index is 0.384. The molecular weight excluding hydrogens is 244 g/mol. The molecule has 1 aliphatic rings. The van der Waals surface area contributed by atoms with Gasteiger partial charge in [0.15, 0.2) is 0 Å². The Morgan fingerprint density at radius 3 is 3.11 bits per heavy atom. The van der Waals surface area contributed by atoms with Gasteiger partial charge in [-0.15, -0.1) is 0 Å². The molecule has 1 aliphatic heterocycles. The molecular formula is C14H22N2OS. The van der Waals surface area contributed by atoms with E-state index in [0.717, 1.165) is 18.8 Å². The number of pyridine rings is 1. The molecule has 0 aromatic carbocycles. The maximum absolute atomic E-state index is 5.66. The van der Waals surface area contributed by atoms with Gasteiger partial charge < -0.3 is 10.1 Å². The molecule has 0 spiro atoms. The quantitative estimate of drug-likeness (QED) is 0.858. The van der Waals surface area contributed by atoms with E-state index in [0.29, 0.717) is 11.3 Å². The van der Waals surface area contributed by atoms with E-state index in [1.54, 1.807) is 6.20 Å². The van der Waals surface area contributed by atoms with E-state index in [1.165, 1.54) is 24.2 Å². The third kappa shape index (κ3) is 3.39. The number of ether oxygens (including phenoxy) is 1. The van der Waals surface area contributed by atoms with Crippen molar-refractivity contribution in [3.63, 3.8) is 0 Å². The highest BCUT2D eigenvalue weighted by atomic mass is 32.2. The van der Waals surface area contributed by atoms with Crippen LogP contribution in [-0.2, 0) is 0 Å².